The number of fused-ring (bicyclic) bond motifs is 1. The van der Waals surface area contributed by atoms with Crippen LogP contribution in [0.4, 0.5) is 0 Å². The second-order valence-corrected chi connectivity index (χ2v) is 6.29. The molecule has 0 aliphatic heterocycles. The SMILES string of the molecule is N#CCCCCn1c(CC2CC2)nc2cccc(Cl)c2c1=O. The monoisotopic (exact) mass is 315 g/mol. The number of rotatable bonds is 6. The molecule has 0 amide bonds. The Morgan fingerprint density at radius 1 is 1.36 bits per heavy atom. The molecule has 0 atom stereocenters. The minimum absolute atomic E-state index is 0.0526. The predicted octanol–water partition coefficient (Wildman–Crippen LogP) is 3.70. The number of hydrogen-bond donors (Lipinski definition) is 0. The largest absolute Gasteiger partial charge is 0.296 e. The lowest BCUT2D eigenvalue weighted by molar-refractivity contribution is 0.556. The molecule has 1 fully saturated rings. The van der Waals surface area contributed by atoms with E-state index in [9.17, 15) is 4.79 Å². The molecule has 3 rings (SSSR count). The minimum Gasteiger partial charge on any atom is -0.296 e. The van der Waals surface area contributed by atoms with Crippen LogP contribution in [0.3, 0.4) is 0 Å². The first kappa shape index (κ1) is 15.1. The highest BCUT2D eigenvalue weighted by Crippen LogP contribution is 2.32. The molecule has 1 saturated carbocycles. The molecule has 0 saturated heterocycles. The van der Waals surface area contributed by atoms with Crippen molar-refractivity contribution in [1.82, 2.24) is 9.55 Å². The maximum Gasteiger partial charge on any atom is 0.262 e. The van der Waals surface area contributed by atoms with Gasteiger partial charge >= 0.3 is 0 Å². The Hall–Kier alpha value is -1.86. The zero-order valence-electron chi connectivity index (χ0n) is 12.4. The summed E-state index contributed by atoms with van der Waals surface area (Å²) in [7, 11) is 0. The lowest BCUT2D eigenvalue weighted by Crippen LogP contribution is -2.26. The maximum atomic E-state index is 12.8. The summed E-state index contributed by atoms with van der Waals surface area (Å²) in [5.41, 5.74) is 0.629. The highest BCUT2D eigenvalue weighted by atomic mass is 35.5. The van der Waals surface area contributed by atoms with Gasteiger partial charge in [-0.1, -0.05) is 17.7 Å². The average molecular weight is 316 g/mol. The highest BCUT2D eigenvalue weighted by molar-refractivity contribution is 6.35. The Balaban J connectivity index is 2.01. The van der Waals surface area contributed by atoms with Crippen LogP contribution in [0.15, 0.2) is 23.0 Å². The number of benzene rings is 1. The molecule has 114 valence electrons. The van der Waals surface area contributed by atoms with Crippen LogP contribution >= 0.6 is 11.6 Å². The van der Waals surface area contributed by atoms with Gasteiger partial charge in [0.1, 0.15) is 5.82 Å². The molecule has 1 aliphatic carbocycles. The van der Waals surface area contributed by atoms with E-state index in [0.717, 1.165) is 25.1 Å². The standard InChI is InChI=1S/C17H18ClN3O/c18-13-5-4-6-14-16(13)17(22)21(10-3-1-2-9-19)15(20-14)11-12-7-8-12/h4-6,12H,1-3,7-8,10-11H2. The van der Waals surface area contributed by atoms with Crippen LogP contribution in [0, 0.1) is 17.2 Å². The van der Waals surface area contributed by atoms with E-state index in [-0.39, 0.29) is 5.56 Å². The van der Waals surface area contributed by atoms with Crippen LogP contribution in [0.2, 0.25) is 5.02 Å². The number of hydrogen-bond acceptors (Lipinski definition) is 3. The van der Waals surface area contributed by atoms with Crippen molar-refractivity contribution in [3.63, 3.8) is 0 Å². The van der Waals surface area contributed by atoms with E-state index in [2.05, 4.69) is 11.1 Å². The van der Waals surface area contributed by atoms with E-state index >= 15 is 0 Å². The van der Waals surface area contributed by atoms with E-state index in [1.165, 1.54) is 12.8 Å². The Kier molecular flexibility index (Phi) is 4.44. The van der Waals surface area contributed by atoms with Gasteiger partial charge in [0.2, 0.25) is 0 Å². The van der Waals surface area contributed by atoms with Crippen molar-refractivity contribution < 1.29 is 0 Å². The van der Waals surface area contributed by atoms with Gasteiger partial charge in [0, 0.05) is 19.4 Å². The normalized spacial score (nSPS) is 14.2. The summed E-state index contributed by atoms with van der Waals surface area (Å²) in [6.07, 6.45) is 5.43. The van der Waals surface area contributed by atoms with Crippen LogP contribution in [-0.4, -0.2) is 9.55 Å². The van der Waals surface area contributed by atoms with Gasteiger partial charge in [-0.25, -0.2) is 4.98 Å². The van der Waals surface area contributed by atoms with Gasteiger partial charge < -0.3 is 0 Å². The molecule has 1 aromatic heterocycles. The first-order valence-corrected chi connectivity index (χ1v) is 8.13. The third-order valence-electron chi connectivity index (χ3n) is 4.10. The van der Waals surface area contributed by atoms with E-state index in [1.54, 1.807) is 10.6 Å². The molecule has 0 bridgehead atoms. The Bertz CT molecular complexity index is 787. The number of aromatic nitrogens is 2. The van der Waals surface area contributed by atoms with Gasteiger partial charge in [0.25, 0.3) is 5.56 Å². The fourth-order valence-corrected chi connectivity index (χ4v) is 2.96. The topological polar surface area (TPSA) is 58.7 Å². The minimum atomic E-state index is -0.0526. The van der Waals surface area contributed by atoms with Gasteiger partial charge in [-0.05, 0) is 43.7 Å². The van der Waals surface area contributed by atoms with E-state index in [4.69, 9.17) is 16.9 Å². The number of nitrogens with zero attached hydrogens (tertiary/aromatic N) is 3. The van der Waals surface area contributed by atoms with Crippen LogP contribution in [0.5, 0.6) is 0 Å². The molecule has 2 aromatic rings. The number of nitriles is 1. The smallest absolute Gasteiger partial charge is 0.262 e. The summed E-state index contributed by atoms with van der Waals surface area (Å²) < 4.78 is 1.77. The van der Waals surface area contributed by atoms with E-state index < -0.39 is 0 Å². The van der Waals surface area contributed by atoms with Crippen LogP contribution in [-0.2, 0) is 13.0 Å². The molecule has 4 nitrogen and oxygen atoms in total. The van der Waals surface area contributed by atoms with Gasteiger partial charge in [-0.2, -0.15) is 5.26 Å². The Morgan fingerprint density at radius 2 is 2.18 bits per heavy atom. The molecule has 1 heterocycles. The zero-order chi connectivity index (χ0) is 15.5. The highest BCUT2D eigenvalue weighted by Gasteiger charge is 2.24. The molecule has 1 aromatic carbocycles. The van der Waals surface area contributed by atoms with Gasteiger partial charge in [0.15, 0.2) is 0 Å². The Morgan fingerprint density at radius 3 is 2.91 bits per heavy atom. The summed E-state index contributed by atoms with van der Waals surface area (Å²) in [5, 5.41) is 9.59. The third-order valence-corrected chi connectivity index (χ3v) is 4.42. The van der Waals surface area contributed by atoms with Crippen molar-refractivity contribution in [3.8, 4) is 6.07 Å². The van der Waals surface area contributed by atoms with E-state index in [1.807, 2.05) is 12.1 Å². The fourth-order valence-electron chi connectivity index (χ4n) is 2.71. The van der Waals surface area contributed by atoms with Crippen molar-refractivity contribution in [3.05, 3.63) is 39.4 Å². The number of halogens is 1. The summed E-state index contributed by atoms with van der Waals surface area (Å²) >= 11 is 6.19. The molecule has 0 spiro atoms. The van der Waals surface area contributed by atoms with E-state index in [0.29, 0.717) is 34.8 Å². The lowest BCUT2D eigenvalue weighted by atomic mass is 10.2. The molecule has 0 unspecified atom stereocenters. The summed E-state index contributed by atoms with van der Waals surface area (Å²) in [6.45, 7) is 0.608. The first-order chi connectivity index (χ1) is 10.7. The first-order valence-electron chi connectivity index (χ1n) is 7.75. The molecule has 22 heavy (non-hydrogen) atoms. The molecular formula is C17H18ClN3O. The second-order valence-electron chi connectivity index (χ2n) is 5.88. The van der Waals surface area contributed by atoms with Crippen molar-refractivity contribution in [2.24, 2.45) is 5.92 Å². The van der Waals surface area contributed by atoms with Crippen molar-refractivity contribution in [2.45, 2.75) is 45.1 Å². The Labute approximate surface area is 134 Å². The second kappa shape index (κ2) is 6.50. The summed E-state index contributed by atoms with van der Waals surface area (Å²) in [4.78, 5) is 17.5. The number of unbranched alkanes of at least 4 members (excludes halogenated alkanes) is 2. The van der Waals surface area contributed by atoms with Gasteiger partial charge in [0.05, 0.1) is 22.0 Å². The van der Waals surface area contributed by atoms with Crippen LogP contribution < -0.4 is 5.56 Å². The van der Waals surface area contributed by atoms with Gasteiger partial charge in [-0.15, -0.1) is 0 Å². The summed E-state index contributed by atoms with van der Waals surface area (Å²) in [6, 6.07) is 7.54. The average Bonchev–Trinajstić information content (AvgIpc) is 3.30. The molecule has 0 N–H and O–H groups in total. The van der Waals surface area contributed by atoms with Gasteiger partial charge in [-0.3, -0.25) is 9.36 Å². The molecule has 5 heteroatoms. The third kappa shape index (κ3) is 3.15. The zero-order valence-corrected chi connectivity index (χ0v) is 13.1. The molecule has 1 aliphatic rings. The van der Waals surface area contributed by atoms with Crippen molar-refractivity contribution >= 4 is 22.5 Å². The fraction of sp³-hybridized carbons (Fsp3) is 0.471. The molecule has 0 radical (unpaired) electrons. The quantitative estimate of drug-likeness (QED) is 0.764. The van der Waals surface area contributed by atoms with Crippen molar-refractivity contribution in [1.29, 1.82) is 5.26 Å². The lowest BCUT2D eigenvalue weighted by Gasteiger charge is -2.13. The van der Waals surface area contributed by atoms with Crippen LogP contribution in [0.1, 0.15) is 37.9 Å². The summed E-state index contributed by atoms with van der Waals surface area (Å²) in [5.74, 6) is 1.52. The predicted molar refractivity (Wildman–Crippen MR) is 86.9 cm³/mol. The van der Waals surface area contributed by atoms with Crippen molar-refractivity contribution in [2.75, 3.05) is 0 Å². The molecular weight excluding hydrogens is 298 g/mol. The maximum absolute atomic E-state index is 12.8. The van der Waals surface area contributed by atoms with Crippen LogP contribution in [0.25, 0.3) is 10.9 Å².